The molecule has 6 heteroatoms. The van der Waals surface area contributed by atoms with Crippen molar-refractivity contribution in [2.24, 2.45) is 0 Å². The van der Waals surface area contributed by atoms with E-state index in [1.54, 1.807) is 22.7 Å². The van der Waals surface area contributed by atoms with Gasteiger partial charge in [-0.1, -0.05) is 42.0 Å². The van der Waals surface area contributed by atoms with Gasteiger partial charge in [0.15, 0.2) is 0 Å². The Morgan fingerprint density at radius 3 is 2.63 bits per heavy atom. The smallest absolute Gasteiger partial charge is 0.258 e. The molecule has 1 amide bonds. The van der Waals surface area contributed by atoms with Crippen LogP contribution in [0.3, 0.4) is 0 Å². The first-order valence-corrected chi connectivity index (χ1v) is 10.1. The average molecular weight is 382 g/mol. The van der Waals surface area contributed by atoms with Crippen LogP contribution >= 0.6 is 11.8 Å². The van der Waals surface area contributed by atoms with Crippen LogP contribution < -0.4 is 5.56 Å². The van der Waals surface area contributed by atoms with Crippen LogP contribution in [-0.4, -0.2) is 33.1 Å². The molecule has 1 aromatic heterocycles. The molecule has 0 bridgehead atoms. The van der Waals surface area contributed by atoms with Gasteiger partial charge in [0.05, 0.1) is 23.2 Å². The van der Waals surface area contributed by atoms with E-state index in [-0.39, 0.29) is 11.5 Å². The van der Waals surface area contributed by atoms with Crippen LogP contribution in [0, 0.1) is 6.92 Å². The summed E-state index contributed by atoms with van der Waals surface area (Å²) in [6, 6.07) is 15.6. The second-order valence-corrected chi connectivity index (χ2v) is 7.40. The van der Waals surface area contributed by atoms with Crippen molar-refractivity contribution < 1.29 is 4.79 Å². The normalized spacial score (nSPS) is 10.9. The molecule has 0 aliphatic rings. The van der Waals surface area contributed by atoms with Crippen molar-refractivity contribution in [2.75, 3.05) is 12.3 Å². The number of aromatic amines is 1. The monoisotopic (exact) mass is 381 g/mol. The number of hydrogen-bond donors (Lipinski definition) is 1. The predicted octanol–water partition coefficient (Wildman–Crippen LogP) is 3.51. The second-order valence-electron chi connectivity index (χ2n) is 6.42. The summed E-state index contributed by atoms with van der Waals surface area (Å²) in [5, 5.41) is 0.560. The first kappa shape index (κ1) is 19.2. The molecule has 0 radical (unpaired) electrons. The number of carbonyl (C=O) groups is 1. The molecular formula is C21H23N3O2S. The highest BCUT2D eigenvalue weighted by Crippen LogP contribution is 2.14. The Bertz CT molecular complexity index is 983. The molecule has 3 rings (SSSR count). The summed E-state index contributed by atoms with van der Waals surface area (Å²) in [4.78, 5) is 33.7. The van der Waals surface area contributed by atoms with Crippen molar-refractivity contribution in [1.29, 1.82) is 0 Å². The number of carbonyl (C=O) groups excluding carboxylic acids is 1. The van der Waals surface area contributed by atoms with E-state index < -0.39 is 0 Å². The zero-order valence-electron chi connectivity index (χ0n) is 15.6. The van der Waals surface area contributed by atoms with E-state index in [1.807, 2.05) is 25.1 Å². The summed E-state index contributed by atoms with van der Waals surface area (Å²) >= 11 is 1.60. The van der Waals surface area contributed by atoms with E-state index in [0.717, 1.165) is 5.75 Å². The number of rotatable bonds is 7. The van der Waals surface area contributed by atoms with Gasteiger partial charge in [-0.25, -0.2) is 4.98 Å². The van der Waals surface area contributed by atoms with Gasteiger partial charge in [-0.15, -0.1) is 11.8 Å². The zero-order valence-corrected chi connectivity index (χ0v) is 16.4. The third kappa shape index (κ3) is 4.98. The molecule has 0 saturated carbocycles. The van der Waals surface area contributed by atoms with Crippen LogP contribution in [0.5, 0.6) is 0 Å². The van der Waals surface area contributed by atoms with Crippen molar-refractivity contribution >= 4 is 28.6 Å². The number of nitrogens with zero attached hydrogens (tertiary/aromatic N) is 2. The lowest BCUT2D eigenvalue weighted by molar-refractivity contribution is -0.128. The zero-order chi connectivity index (χ0) is 19.2. The van der Waals surface area contributed by atoms with E-state index in [0.29, 0.717) is 35.6 Å². The Kier molecular flexibility index (Phi) is 6.29. The maximum absolute atomic E-state index is 12.6. The summed E-state index contributed by atoms with van der Waals surface area (Å²) in [5.74, 6) is 1.76. The van der Waals surface area contributed by atoms with Crippen molar-refractivity contribution in [3.63, 3.8) is 0 Å². The van der Waals surface area contributed by atoms with Gasteiger partial charge in [0, 0.05) is 12.3 Å². The van der Waals surface area contributed by atoms with Crippen molar-refractivity contribution in [1.82, 2.24) is 14.9 Å². The molecule has 0 fully saturated rings. The van der Waals surface area contributed by atoms with Gasteiger partial charge in [-0.2, -0.15) is 0 Å². The largest absolute Gasteiger partial charge is 0.335 e. The quantitative estimate of drug-likeness (QED) is 0.680. The molecule has 0 unspecified atom stereocenters. The van der Waals surface area contributed by atoms with Gasteiger partial charge < -0.3 is 9.88 Å². The van der Waals surface area contributed by atoms with E-state index in [2.05, 4.69) is 41.2 Å². The molecule has 3 aromatic rings. The molecule has 0 saturated heterocycles. The minimum absolute atomic E-state index is 0.0467. The average Bonchev–Trinajstić information content (AvgIpc) is 2.67. The number of H-pyrrole nitrogens is 1. The summed E-state index contributed by atoms with van der Waals surface area (Å²) < 4.78 is 0. The van der Waals surface area contributed by atoms with Crippen molar-refractivity contribution in [2.45, 2.75) is 26.1 Å². The molecule has 0 aliphatic heterocycles. The summed E-state index contributed by atoms with van der Waals surface area (Å²) in [6.07, 6.45) is 0. The molecule has 0 aliphatic carbocycles. The van der Waals surface area contributed by atoms with Gasteiger partial charge in [-0.05, 0) is 31.5 Å². The highest BCUT2D eigenvalue weighted by atomic mass is 32.2. The molecular weight excluding hydrogens is 358 g/mol. The number of aromatic nitrogens is 2. The Morgan fingerprint density at radius 2 is 1.89 bits per heavy atom. The fourth-order valence-electron chi connectivity index (χ4n) is 2.80. The number of para-hydroxylation sites is 1. The van der Waals surface area contributed by atoms with E-state index in [9.17, 15) is 9.59 Å². The van der Waals surface area contributed by atoms with Crippen molar-refractivity contribution in [3.8, 4) is 0 Å². The molecule has 27 heavy (non-hydrogen) atoms. The number of amides is 1. The number of thioether (sulfide) groups is 1. The first-order valence-electron chi connectivity index (χ1n) is 8.96. The predicted molar refractivity (Wildman–Crippen MR) is 111 cm³/mol. The molecule has 2 aromatic carbocycles. The highest BCUT2D eigenvalue weighted by Gasteiger charge is 2.14. The summed E-state index contributed by atoms with van der Waals surface area (Å²) in [7, 11) is 0. The SMILES string of the molecule is CCN(Cc1nc2ccccc2c(=O)[nH]1)C(=O)CSCc1ccc(C)cc1. The topological polar surface area (TPSA) is 66.1 Å². The molecule has 0 atom stereocenters. The minimum atomic E-state index is -0.173. The molecule has 1 heterocycles. The number of nitrogens with one attached hydrogen (secondary N) is 1. The molecule has 140 valence electrons. The van der Waals surface area contributed by atoms with Gasteiger partial charge in [0.1, 0.15) is 5.82 Å². The Labute approximate surface area is 162 Å². The third-order valence-electron chi connectivity index (χ3n) is 4.35. The maximum atomic E-state index is 12.6. The minimum Gasteiger partial charge on any atom is -0.335 e. The summed E-state index contributed by atoms with van der Waals surface area (Å²) in [5.41, 5.74) is 2.91. The van der Waals surface area contributed by atoms with E-state index >= 15 is 0 Å². The lowest BCUT2D eigenvalue weighted by Gasteiger charge is -2.20. The van der Waals surface area contributed by atoms with Crippen LogP contribution in [0.4, 0.5) is 0 Å². The van der Waals surface area contributed by atoms with Crippen LogP contribution in [0.2, 0.25) is 0 Å². The number of aryl methyl sites for hydroxylation is 1. The Morgan fingerprint density at radius 1 is 1.15 bits per heavy atom. The van der Waals surface area contributed by atoms with E-state index in [1.165, 1.54) is 11.1 Å². The van der Waals surface area contributed by atoms with Gasteiger partial charge in [0.2, 0.25) is 5.91 Å². The second kappa shape index (κ2) is 8.86. The lowest BCUT2D eigenvalue weighted by atomic mass is 10.2. The van der Waals surface area contributed by atoms with Crippen molar-refractivity contribution in [3.05, 3.63) is 75.8 Å². The Hall–Kier alpha value is -2.60. The number of hydrogen-bond acceptors (Lipinski definition) is 4. The third-order valence-corrected chi connectivity index (χ3v) is 5.34. The molecule has 0 spiro atoms. The highest BCUT2D eigenvalue weighted by molar-refractivity contribution is 7.99. The number of benzene rings is 2. The molecule has 1 N–H and O–H groups in total. The molecule has 5 nitrogen and oxygen atoms in total. The lowest BCUT2D eigenvalue weighted by Crippen LogP contribution is -2.33. The van der Waals surface area contributed by atoms with Crippen LogP contribution in [-0.2, 0) is 17.1 Å². The van der Waals surface area contributed by atoms with Gasteiger partial charge >= 0.3 is 0 Å². The van der Waals surface area contributed by atoms with E-state index in [4.69, 9.17) is 0 Å². The Balaban J connectivity index is 1.61. The fraction of sp³-hybridized carbons (Fsp3) is 0.286. The standard InChI is InChI=1S/C21H23N3O2S/c1-3-24(20(25)14-27-13-16-10-8-15(2)9-11-16)12-19-22-18-7-5-4-6-17(18)21(26)23-19/h4-11H,3,12-14H2,1-2H3,(H,22,23,26). The maximum Gasteiger partial charge on any atom is 0.258 e. The van der Waals surface area contributed by atoms with Crippen LogP contribution in [0.25, 0.3) is 10.9 Å². The first-order chi connectivity index (χ1) is 13.1. The number of fused-ring (bicyclic) bond motifs is 1. The van der Waals surface area contributed by atoms with Gasteiger partial charge in [-0.3, -0.25) is 9.59 Å². The van der Waals surface area contributed by atoms with Gasteiger partial charge in [0.25, 0.3) is 5.56 Å². The summed E-state index contributed by atoms with van der Waals surface area (Å²) in [6.45, 7) is 4.87. The van der Waals surface area contributed by atoms with Crippen LogP contribution in [0.1, 0.15) is 23.9 Å². The van der Waals surface area contributed by atoms with Crippen LogP contribution in [0.15, 0.2) is 53.3 Å². The fourth-order valence-corrected chi connectivity index (χ4v) is 3.69.